The van der Waals surface area contributed by atoms with E-state index in [9.17, 15) is 14.7 Å². The summed E-state index contributed by atoms with van der Waals surface area (Å²) in [4.78, 5) is 24.3. The zero-order chi connectivity index (χ0) is 16.8. The lowest BCUT2D eigenvalue weighted by molar-refractivity contribution is -0.190. The molecule has 1 amide bonds. The molecule has 3 rings (SSSR count). The largest absolute Gasteiger partial charge is 0.479 e. The van der Waals surface area contributed by atoms with E-state index in [1.165, 1.54) is 0 Å². The minimum Gasteiger partial charge on any atom is -0.479 e. The van der Waals surface area contributed by atoms with Gasteiger partial charge in [0, 0.05) is 30.1 Å². The third-order valence-corrected chi connectivity index (χ3v) is 5.30. The summed E-state index contributed by atoms with van der Waals surface area (Å²) in [6, 6.07) is 1.72. The summed E-state index contributed by atoms with van der Waals surface area (Å²) in [5, 5.41) is 19.3. The summed E-state index contributed by atoms with van der Waals surface area (Å²) in [5.74, 6) is -1.04. The third kappa shape index (κ3) is 2.43. The molecule has 2 aliphatic carbocycles. The van der Waals surface area contributed by atoms with Crippen LogP contribution < -0.4 is 5.32 Å². The Morgan fingerprint density at radius 1 is 1.48 bits per heavy atom. The number of nitrogens with one attached hydrogen (secondary N) is 2. The highest BCUT2D eigenvalue weighted by Gasteiger charge is 2.66. The number of carboxylic acid groups (broad SMARTS) is 1. The van der Waals surface area contributed by atoms with E-state index in [-0.39, 0.29) is 18.2 Å². The average Bonchev–Trinajstić information content (AvgIpc) is 3.22. The molecule has 1 aromatic rings. The number of carbonyl (C=O) groups excluding carboxylic acids is 1. The van der Waals surface area contributed by atoms with Gasteiger partial charge in [0.15, 0.2) is 0 Å². The molecule has 1 heterocycles. The molecular weight excluding hydrogens is 298 g/mol. The number of rotatable bonds is 6. The first-order valence-electron chi connectivity index (χ1n) is 8.04. The van der Waals surface area contributed by atoms with Gasteiger partial charge in [-0.25, -0.2) is 4.79 Å². The zero-order valence-corrected chi connectivity index (χ0v) is 13.7. The first-order chi connectivity index (χ1) is 10.8. The van der Waals surface area contributed by atoms with Crippen molar-refractivity contribution in [3.05, 3.63) is 17.5 Å². The number of hydrogen-bond acceptors (Lipinski definition) is 4. The molecule has 0 aromatic carbocycles. The van der Waals surface area contributed by atoms with Crippen LogP contribution in [0.2, 0.25) is 0 Å². The molecule has 7 nitrogen and oxygen atoms in total. The van der Waals surface area contributed by atoms with E-state index in [4.69, 9.17) is 4.74 Å². The van der Waals surface area contributed by atoms with Crippen molar-refractivity contribution in [2.45, 2.75) is 57.6 Å². The lowest BCUT2D eigenvalue weighted by Crippen LogP contribution is -2.76. The van der Waals surface area contributed by atoms with Gasteiger partial charge in [-0.3, -0.25) is 9.89 Å². The van der Waals surface area contributed by atoms with Crippen molar-refractivity contribution < 1.29 is 19.4 Å². The Morgan fingerprint density at radius 3 is 2.70 bits per heavy atom. The molecule has 0 bridgehead atoms. The Balaban J connectivity index is 1.77. The molecule has 23 heavy (non-hydrogen) atoms. The molecular formula is C16H23N3O4. The third-order valence-electron chi connectivity index (χ3n) is 5.30. The highest BCUT2D eigenvalue weighted by molar-refractivity contribution is 5.97. The van der Waals surface area contributed by atoms with Crippen molar-refractivity contribution >= 4 is 11.9 Å². The van der Waals surface area contributed by atoms with Crippen molar-refractivity contribution in [1.29, 1.82) is 0 Å². The van der Waals surface area contributed by atoms with Crippen LogP contribution in [0.4, 0.5) is 0 Å². The molecule has 3 N–H and O–H groups in total. The summed E-state index contributed by atoms with van der Waals surface area (Å²) in [7, 11) is 0. The number of H-pyrrole nitrogens is 1. The van der Waals surface area contributed by atoms with Crippen molar-refractivity contribution in [2.75, 3.05) is 6.61 Å². The van der Waals surface area contributed by atoms with Crippen LogP contribution >= 0.6 is 0 Å². The topological polar surface area (TPSA) is 104 Å². The Hall–Kier alpha value is -1.89. The predicted octanol–water partition coefficient (Wildman–Crippen LogP) is 1.68. The van der Waals surface area contributed by atoms with Crippen LogP contribution in [0.3, 0.4) is 0 Å². The summed E-state index contributed by atoms with van der Waals surface area (Å²) in [6.07, 6.45) is 2.27. The number of amides is 1. The zero-order valence-electron chi connectivity index (χ0n) is 13.7. The Morgan fingerprint density at radius 2 is 2.17 bits per heavy atom. The summed E-state index contributed by atoms with van der Waals surface area (Å²) in [5.41, 5.74) is -0.842. The molecule has 0 aliphatic heterocycles. The van der Waals surface area contributed by atoms with Crippen LogP contribution in [0, 0.1) is 5.41 Å². The Bertz CT molecular complexity index is 635. The van der Waals surface area contributed by atoms with Crippen LogP contribution in [0.1, 0.15) is 62.1 Å². The molecule has 2 aliphatic rings. The Kier molecular flexibility index (Phi) is 3.71. The molecule has 0 saturated heterocycles. The fourth-order valence-electron chi connectivity index (χ4n) is 3.35. The second kappa shape index (κ2) is 5.33. The fraction of sp³-hybridized carbons (Fsp3) is 0.688. The van der Waals surface area contributed by atoms with Gasteiger partial charge in [-0.05, 0) is 25.8 Å². The second-order valence-electron chi connectivity index (χ2n) is 7.02. The molecule has 7 heteroatoms. The van der Waals surface area contributed by atoms with Gasteiger partial charge in [0.2, 0.25) is 0 Å². The second-order valence-corrected chi connectivity index (χ2v) is 7.02. The SMILES string of the molecule is CCO[C@@H]1C[C@](NC(=O)c2cc(C3CC3)[nH]n2)(C(=O)O)C1(C)C. The Labute approximate surface area is 134 Å². The maximum Gasteiger partial charge on any atom is 0.330 e. The van der Waals surface area contributed by atoms with Crippen LogP contribution in [-0.2, 0) is 9.53 Å². The number of nitrogens with zero attached hydrogens (tertiary/aromatic N) is 1. The summed E-state index contributed by atoms with van der Waals surface area (Å²) < 4.78 is 5.59. The molecule has 0 spiro atoms. The fourth-order valence-corrected chi connectivity index (χ4v) is 3.35. The molecule has 2 saturated carbocycles. The molecule has 1 aromatic heterocycles. The minimum absolute atomic E-state index is 0.190. The molecule has 0 radical (unpaired) electrons. The van der Waals surface area contributed by atoms with Gasteiger partial charge in [0.05, 0.1) is 6.10 Å². The van der Waals surface area contributed by atoms with Gasteiger partial charge in [0.1, 0.15) is 11.2 Å². The van der Waals surface area contributed by atoms with E-state index in [1.807, 2.05) is 20.8 Å². The first kappa shape index (κ1) is 16.0. The number of aromatic nitrogens is 2. The van der Waals surface area contributed by atoms with Crippen LogP contribution in [0.25, 0.3) is 0 Å². The highest BCUT2D eigenvalue weighted by atomic mass is 16.5. The van der Waals surface area contributed by atoms with Crippen molar-refractivity contribution in [3.8, 4) is 0 Å². The van der Waals surface area contributed by atoms with Crippen LogP contribution in [0.5, 0.6) is 0 Å². The molecule has 2 atom stereocenters. The lowest BCUT2D eigenvalue weighted by atomic mass is 9.54. The van der Waals surface area contributed by atoms with Gasteiger partial charge in [-0.2, -0.15) is 5.10 Å². The summed E-state index contributed by atoms with van der Waals surface area (Å²) >= 11 is 0. The first-order valence-corrected chi connectivity index (χ1v) is 8.04. The van der Waals surface area contributed by atoms with Gasteiger partial charge in [-0.15, -0.1) is 0 Å². The number of ether oxygens (including phenoxy) is 1. The monoisotopic (exact) mass is 321 g/mol. The standard InChI is InChI=1S/C16H23N3O4/c1-4-23-12-8-16(14(21)22,15(12,2)3)17-13(20)11-7-10(18-19-11)9-5-6-9/h7,9,12H,4-6,8H2,1-3H3,(H,17,20)(H,18,19)(H,21,22)/t12-,16+/m1/s1. The van der Waals surface area contributed by atoms with Crippen molar-refractivity contribution in [3.63, 3.8) is 0 Å². The average molecular weight is 321 g/mol. The highest BCUT2D eigenvalue weighted by Crippen LogP contribution is 2.51. The number of carbonyl (C=O) groups is 2. The van der Waals surface area contributed by atoms with E-state index < -0.39 is 22.8 Å². The van der Waals surface area contributed by atoms with Gasteiger partial charge in [-0.1, -0.05) is 13.8 Å². The van der Waals surface area contributed by atoms with Gasteiger partial charge < -0.3 is 15.2 Å². The van der Waals surface area contributed by atoms with E-state index in [0.29, 0.717) is 12.5 Å². The molecule has 0 unspecified atom stereocenters. The predicted molar refractivity (Wildman–Crippen MR) is 82.2 cm³/mol. The van der Waals surface area contributed by atoms with E-state index in [2.05, 4.69) is 15.5 Å². The van der Waals surface area contributed by atoms with Gasteiger partial charge >= 0.3 is 5.97 Å². The van der Waals surface area contributed by atoms with E-state index in [0.717, 1.165) is 18.5 Å². The minimum atomic E-state index is -1.33. The lowest BCUT2D eigenvalue weighted by Gasteiger charge is -2.58. The van der Waals surface area contributed by atoms with E-state index >= 15 is 0 Å². The molecule has 126 valence electrons. The van der Waals surface area contributed by atoms with Crippen LogP contribution in [-0.4, -0.2) is 45.4 Å². The number of carboxylic acids is 1. The molecule has 2 fully saturated rings. The maximum absolute atomic E-state index is 12.5. The number of hydrogen-bond donors (Lipinski definition) is 3. The smallest absolute Gasteiger partial charge is 0.330 e. The summed E-state index contributed by atoms with van der Waals surface area (Å²) in [6.45, 7) is 6.01. The quantitative estimate of drug-likeness (QED) is 0.739. The maximum atomic E-state index is 12.5. The normalized spacial score (nSPS) is 28.9. The van der Waals surface area contributed by atoms with Crippen molar-refractivity contribution in [2.24, 2.45) is 5.41 Å². The van der Waals surface area contributed by atoms with Crippen LogP contribution in [0.15, 0.2) is 6.07 Å². The van der Waals surface area contributed by atoms with Crippen molar-refractivity contribution in [1.82, 2.24) is 15.5 Å². The van der Waals surface area contributed by atoms with Gasteiger partial charge in [0.25, 0.3) is 5.91 Å². The number of aliphatic carboxylic acids is 1. The van der Waals surface area contributed by atoms with E-state index in [1.54, 1.807) is 6.07 Å². The number of aromatic amines is 1.